The highest BCUT2D eigenvalue weighted by Crippen LogP contribution is 2.25. The molecule has 2 aromatic heterocycles. The zero-order chi connectivity index (χ0) is 14.1. The van der Waals surface area contributed by atoms with Crippen LogP contribution in [0.25, 0.3) is 11.0 Å². The molecule has 0 unspecified atom stereocenters. The van der Waals surface area contributed by atoms with Crippen LogP contribution in [-0.2, 0) is 13.0 Å². The van der Waals surface area contributed by atoms with Crippen molar-refractivity contribution in [3.05, 3.63) is 52.5 Å². The standard InChI is InChI=1S/C14H12BrFN4/c15-10-7-12-13(8-11(10)16)20(14(17)19-12)6-4-9-3-1-2-5-18-9/h1-3,5,7-8H,4,6H2,(H2,17,19). The molecule has 0 saturated carbocycles. The predicted molar refractivity (Wildman–Crippen MR) is 79.7 cm³/mol. The second-order valence-electron chi connectivity index (χ2n) is 4.45. The lowest BCUT2D eigenvalue weighted by molar-refractivity contribution is 0.621. The summed E-state index contributed by atoms with van der Waals surface area (Å²) in [5, 5.41) is 0. The van der Waals surface area contributed by atoms with Gasteiger partial charge in [-0.3, -0.25) is 4.98 Å². The molecule has 0 bridgehead atoms. The normalized spacial score (nSPS) is 11.1. The van der Waals surface area contributed by atoms with Crippen LogP contribution in [0.1, 0.15) is 5.69 Å². The molecule has 0 aliphatic carbocycles. The molecule has 0 spiro atoms. The van der Waals surface area contributed by atoms with Crippen molar-refractivity contribution in [2.75, 3.05) is 5.73 Å². The molecule has 0 radical (unpaired) electrons. The van der Waals surface area contributed by atoms with Gasteiger partial charge in [-0.1, -0.05) is 6.07 Å². The first-order valence-electron chi connectivity index (χ1n) is 6.16. The number of imidazole rings is 1. The highest BCUT2D eigenvalue weighted by Gasteiger charge is 2.11. The van der Waals surface area contributed by atoms with Crippen LogP contribution in [0.5, 0.6) is 0 Å². The number of aromatic nitrogens is 3. The molecule has 20 heavy (non-hydrogen) atoms. The van der Waals surface area contributed by atoms with E-state index in [0.717, 1.165) is 5.69 Å². The SMILES string of the molecule is Nc1nc2cc(Br)c(F)cc2n1CCc1ccccn1. The van der Waals surface area contributed by atoms with Gasteiger partial charge in [-0.15, -0.1) is 0 Å². The van der Waals surface area contributed by atoms with E-state index in [1.165, 1.54) is 6.07 Å². The van der Waals surface area contributed by atoms with Crippen molar-refractivity contribution < 1.29 is 4.39 Å². The van der Waals surface area contributed by atoms with Gasteiger partial charge in [-0.25, -0.2) is 9.37 Å². The van der Waals surface area contributed by atoms with Gasteiger partial charge >= 0.3 is 0 Å². The molecular formula is C14H12BrFN4. The summed E-state index contributed by atoms with van der Waals surface area (Å²) < 4.78 is 15.9. The van der Waals surface area contributed by atoms with Crippen LogP contribution in [0.15, 0.2) is 41.0 Å². The number of benzene rings is 1. The number of halogens is 2. The highest BCUT2D eigenvalue weighted by molar-refractivity contribution is 9.10. The first-order chi connectivity index (χ1) is 9.65. The number of anilines is 1. The Hall–Kier alpha value is -1.95. The van der Waals surface area contributed by atoms with E-state index in [1.54, 1.807) is 16.8 Å². The summed E-state index contributed by atoms with van der Waals surface area (Å²) in [4.78, 5) is 8.51. The predicted octanol–water partition coefficient (Wildman–Crippen LogP) is 3.16. The van der Waals surface area contributed by atoms with Crippen LogP contribution < -0.4 is 5.73 Å². The first-order valence-corrected chi connectivity index (χ1v) is 6.95. The monoisotopic (exact) mass is 334 g/mol. The highest BCUT2D eigenvalue weighted by atomic mass is 79.9. The number of aryl methyl sites for hydroxylation is 2. The smallest absolute Gasteiger partial charge is 0.201 e. The van der Waals surface area contributed by atoms with Gasteiger partial charge < -0.3 is 10.3 Å². The Labute approximate surface area is 123 Å². The lowest BCUT2D eigenvalue weighted by Crippen LogP contribution is -2.06. The average Bonchev–Trinajstić information content (AvgIpc) is 2.73. The van der Waals surface area contributed by atoms with Gasteiger partial charge in [0.25, 0.3) is 0 Å². The zero-order valence-corrected chi connectivity index (χ0v) is 12.1. The van der Waals surface area contributed by atoms with E-state index in [2.05, 4.69) is 25.9 Å². The Balaban J connectivity index is 1.95. The Bertz CT molecular complexity index is 755. The minimum absolute atomic E-state index is 0.323. The molecule has 0 saturated heterocycles. The number of hydrogen-bond acceptors (Lipinski definition) is 3. The third-order valence-corrected chi connectivity index (χ3v) is 3.75. The topological polar surface area (TPSA) is 56.7 Å². The molecular weight excluding hydrogens is 323 g/mol. The van der Waals surface area contributed by atoms with Crippen molar-refractivity contribution in [3.8, 4) is 0 Å². The molecule has 0 aliphatic rings. The van der Waals surface area contributed by atoms with Crippen molar-refractivity contribution in [2.24, 2.45) is 0 Å². The summed E-state index contributed by atoms with van der Waals surface area (Å²) >= 11 is 3.15. The molecule has 0 fully saturated rings. The summed E-state index contributed by atoms with van der Waals surface area (Å²) in [6.07, 6.45) is 2.47. The molecule has 0 atom stereocenters. The molecule has 2 heterocycles. The van der Waals surface area contributed by atoms with Crippen molar-refractivity contribution in [1.29, 1.82) is 0 Å². The van der Waals surface area contributed by atoms with Gasteiger partial charge in [-0.05, 0) is 34.1 Å². The Kier molecular flexibility index (Phi) is 3.40. The molecule has 0 aliphatic heterocycles. The summed E-state index contributed by atoms with van der Waals surface area (Å²) in [5.41, 5.74) is 8.25. The fourth-order valence-corrected chi connectivity index (χ4v) is 2.48. The molecule has 0 amide bonds. The van der Waals surface area contributed by atoms with Gasteiger partial charge in [0.2, 0.25) is 5.95 Å². The van der Waals surface area contributed by atoms with Crippen LogP contribution in [0, 0.1) is 5.82 Å². The van der Waals surface area contributed by atoms with Crippen LogP contribution in [0.3, 0.4) is 0 Å². The number of rotatable bonds is 3. The van der Waals surface area contributed by atoms with E-state index in [0.29, 0.717) is 34.4 Å². The minimum Gasteiger partial charge on any atom is -0.369 e. The van der Waals surface area contributed by atoms with Crippen molar-refractivity contribution in [3.63, 3.8) is 0 Å². The van der Waals surface area contributed by atoms with Gasteiger partial charge in [0.15, 0.2) is 0 Å². The molecule has 2 N–H and O–H groups in total. The van der Waals surface area contributed by atoms with Crippen LogP contribution in [0.4, 0.5) is 10.3 Å². The third kappa shape index (κ3) is 2.38. The first kappa shape index (κ1) is 13.1. The second kappa shape index (κ2) is 5.20. The van der Waals surface area contributed by atoms with Crippen molar-refractivity contribution >= 4 is 32.9 Å². The maximum absolute atomic E-state index is 13.7. The molecule has 3 aromatic rings. The Morgan fingerprint density at radius 1 is 1.30 bits per heavy atom. The fraction of sp³-hybridized carbons (Fsp3) is 0.143. The van der Waals surface area contributed by atoms with Gasteiger partial charge in [0.1, 0.15) is 5.82 Å². The van der Waals surface area contributed by atoms with Crippen molar-refractivity contribution in [2.45, 2.75) is 13.0 Å². The largest absolute Gasteiger partial charge is 0.369 e. The van der Waals surface area contributed by atoms with Crippen LogP contribution in [0.2, 0.25) is 0 Å². The third-order valence-electron chi connectivity index (χ3n) is 3.14. The lowest BCUT2D eigenvalue weighted by Gasteiger charge is -2.06. The van der Waals surface area contributed by atoms with Crippen LogP contribution >= 0.6 is 15.9 Å². The number of pyridine rings is 1. The van der Waals surface area contributed by atoms with E-state index in [-0.39, 0.29) is 5.82 Å². The number of nitrogens with zero attached hydrogens (tertiary/aromatic N) is 3. The Morgan fingerprint density at radius 2 is 2.15 bits per heavy atom. The summed E-state index contributed by atoms with van der Waals surface area (Å²) in [6.45, 7) is 0.612. The van der Waals surface area contributed by atoms with Gasteiger partial charge in [-0.2, -0.15) is 0 Å². The van der Waals surface area contributed by atoms with E-state index < -0.39 is 0 Å². The Morgan fingerprint density at radius 3 is 2.90 bits per heavy atom. The maximum atomic E-state index is 13.7. The van der Waals surface area contributed by atoms with Crippen molar-refractivity contribution in [1.82, 2.24) is 14.5 Å². The lowest BCUT2D eigenvalue weighted by atomic mass is 10.2. The summed E-state index contributed by atoms with van der Waals surface area (Å²) in [6, 6.07) is 8.85. The van der Waals surface area contributed by atoms with E-state index in [9.17, 15) is 4.39 Å². The zero-order valence-electron chi connectivity index (χ0n) is 10.6. The number of nitrogen functional groups attached to an aromatic ring is 1. The van der Waals surface area contributed by atoms with Gasteiger partial charge in [0.05, 0.1) is 15.5 Å². The number of nitrogens with two attached hydrogens (primary N) is 1. The van der Waals surface area contributed by atoms with E-state index in [4.69, 9.17) is 5.73 Å². The summed E-state index contributed by atoms with van der Waals surface area (Å²) in [5.74, 6) is 0.0601. The van der Waals surface area contributed by atoms with E-state index >= 15 is 0 Å². The molecule has 6 heteroatoms. The molecule has 4 nitrogen and oxygen atoms in total. The van der Waals surface area contributed by atoms with Gasteiger partial charge in [0, 0.05) is 30.9 Å². The van der Waals surface area contributed by atoms with E-state index in [1.807, 2.05) is 18.2 Å². The average molecular weight is 335 g/mol. The minimum atomic E-state index is -0.323. The summed E-state index contributed by atoms with van der Waals surface area (Å²) in [7, 11) is 0. The number of fused-ring (bicyclic) bond motifs is 1. The second-order valence-corrected chi connectivity index (χ2v) is 5.30. The maximum Gasteiger partial charge on any atom is 0.201 e. The molecule has 3 rings (SSSR count). The fourth-order valence-electron chi connectivity index (χ4n) is 2.15. The quantitative estimate of drug-likeness (QED) is 0.800. The molecule has 102 valence electrons. The van der Waals surface area contributed by atoms with Crippen LogP contribution in [-0.4, -0.2) is 14.5 Å². The number of hydrogen-bond donors (Lipinski definition) is 1. The molecule has 1 aromatic carbocycles.